The SMILES string of the molecule is O=CCOc1cnc(Oc2ccc3ncnc(Nc4cnccn4)c3c2)c(Cl)c1. The summed E-state index contributed by atoms with van der Waals surface area (Å²) in [6.45, 7) is -0.0789. The fraction of sp³-hybridized carbons (Fsp3) is 0.0526. The van der Waals surface area contributed by atoms with Crippen molar-refractivity contribution in [2.75, 3.05) is 11.9 Å². The molecule has 1 N–H and O–H groups in total. The second-order valence-corrected chi connectivity index (χ2v) is 6.06. The van der Waals surface area contributed by atoms with E-state index in [9.17, 15) is 4.79 Å². The molecular formula is C19H13ClN6O3. The van der Waals surface area contributed by atoms with Crippen LogP contribution in [0, 0.1) is 0 Å². The second-order valence-electron chi connectivity index (χ2n) is 5.65. The first kappa shape index (κ1) is 18.5. The van der Waals surface area contributed by atoms with E-state index in [2.05, 4.69) is 30.2 Å². The summed E-state index contributed by atoms with van der Waals surface area (Å²) in [5.74, 6) is 2.17. The number of pyridine rings is 1. The number of aldehydes is 1. The Balaban J connectivity index is 1.62. The fourth-order valence-electron chi connectivity index (χ4n) is 2.49. The van der Waals surface area contributed by atoms with E-state index in [0.717, 1.165) is 10.9 Å². The molecule has 0 amide bonds. The molecule has 1 aromatic carbocycles. The van der Waals surface area contributed by atoms with Gasteiger partial charge in [-0.1, -0.05) is 11.6 Å². The summed E-state index contributed by atoms with van der Waals surface area (Å²) in [5.41, 5.74) is 0.718. The molecule has 3 heterocycles. The van der Waals surface area contributed by atoms with Gasteiger partial charge in [0.05, 0.1) is 17.9 Å². The fourth-order valence-corrected chi connectivity index (χ4v) is 2.68. The van der Waals surface area contributed by atoms with E-state index in [-0.39, 0.29) is 17.5 Å². The minimum absolute atomic E-state index is 0.0789. The molecule has 0 radical (unpaired) electrons. The monoisotopic (exact) mass is 408 g/mol. The van der Waals surface area contributed by atoms with Gasteiger partial charge in [-0.3, -0.25) is 9.78 Å². The maximum absolute atomic E-state index is 10.4. The van der Waals surface area contributed by atoms with Gasteiger partial charge >= 0.3 is 0 Å². The van der Waals surface area contributed by atoms with Crippen molar-refractivity contribution >= 4 is 40.4 Å². The van der Waals surface area contributed by atoms with Crippen LogP contribution in [-0.2, 0) is 4.79 Å². The first-order chi connectivity index (χ1) is 14.2. The van der Waals surface area contributed by atoms with E-state index in [1.54, 1.807) is 36.8 Å². The molecule has 0 fully saturated rings. The Kier molecular flexibility index (Phi) is 5.39. The summed E-state index contributed by atoms with van der Waals surface area (Å²) in [7, 11) is 0. The zero-order valence-corrected chi connectivity index (χ0v) is 15.6. The number of carbonyl (C=O) groups excluding carboxylic acids is 1. The molecule has 4 rings (SSSR count). The van der Waals surface area contributed by atoms with Crippen LogP contribution >= 0.6 is 11.6 Å². The van der Waals surface area contributed by atoms with Gasteiger partial charge in [0, 0.05) is 23.8 Å². The highest BCUT2D eigenvalue weighted by Gasteiger charge is 2.10. The van der Waals surface area contributed by atoms with Crippen molar-refractivity contribution in [2.24, 2.45) is 0 Å². The summed E-state index contributed by atoms with van der Waals surface area (Å²) < 4.78 is 11.0. The van der Waals surface area contributed by atoms with Gasteiger partial charge in [-0.15, -0.1) is 0 Å². The molecule has 29 heavy (non-hydrogen) atoms. The lowest BCUT2D eigenvalue weighted by Gasteiger charge is -2.10. The van der Waals surface area contributed by atoms with Gasteiger partial charge in [0.25, 0.3) is 0 Å². The quantitative estimate of drug-likeness (QED) is 0.458. The number of halogens is 1. The molecule has 0 atom stereocenters. The van der Waals surface area contributed by atoms with Crippen molar-refractivity contribution in [3.05, 3.63) is 60.4 Å². The topological polar surface area (TPSA) is 112 Å². The molecule has 0 saturated carbocycles. The third-order valence-electron chi connectivity index (χ3n) is 3.73. The molecule has 10 heteroatoms. The average molecular weight is 409 g/mol. The highest BCUT2D eigenvalue weighted by molar-refractivity contribution is 6.32. The van der Waals surface area contributed by atoms with Crippen LogP contribution in [0.25, 0.3) is 10.9 Å². The van der Waals surface area contributed by atoms with E-state index in [4.69, 9.17) is 21.1 Å². The first-order valence-electron chi connectivity index (χ1n) is 8.40. The number of benzene rings is 1. The highest BCUT2D eigenvalue weighted by atomic mass is 35.5. The smallest absolute Gasteiger partial charge is 0.238 e. The van der Waals surface area contributed by atoms with Gasteiger partial charge in [-0.2, -0.15) is 0 Å². The Hall–Kier alpha value is -3.85. The van der Waals surface area contributed by atoms with Gasteiger partial charge < -0.3 is 14.8 Å². The van der Waals surface area contributed by atoms with Crippen molar-refractivity contribution in [1.82, 2.24) is 24.9 Å². The zero-order valence-electron chi connectivity index (χ0n) is 14.8. The minimum atomic E-state index is -0.0789. The Bertz CT molecular complexity index is 1160. The number of aromatic nitrogens is 5. The molecule has 0 aliphatic rings. The number of carbonyl (C=O) groups is 1. The van der Waals surface area contributed by atoms with Crippen molar-refractivity contribution < 1.29 is 14.3 Å². The van der Waals surface area contributed by atoms with E-state index < -0.39 is 0 Å². The predicted molar refractivity (Wildman–Crippen MR) is 106 cm³/mol. The first-order valence-corrected chi connectivity index (χ1v) is 8.78. The molecule has 3 aromatic heterocycles. The predicted octanol–water partition coefficient (Wildman–Crippen LogP) is 3.58. The standard InChI is InChI=1S/C19H13ClN6O3/c20-15-8-13(28-6-5-27)9-23-19(15)29-12-1-2-16-14(7-12)18(25-11-24-16)26-17-10-21-3-4-22-17/h1-5,7-11H,6H2,(H,22,24,25,26). The second kappa shape index (κ2) is 8.44. The third kappa shape index (κ3) is 4.36. The number of fused-ring (bicyclic) bond motifs is 1. The lowest BCUT2D eigenvalue weighted by atomic mass is 10.2. The number of hydrogen-bond donors (Lipinski definition) is 1. The van der Waals surface area contributed by atoms with Gasteiger partial charge in [0.1, 0.15) is 41.1 Å². The Morgan fingerprint density at radius 2 is 1.97 bits per heavy atom. The summed E-state index contributed by atoms with van der Waals surface area (Å²) in [5, 5.41) is 4.08. The number of anilines is 2. The van der Waals surface area contributed by atoms with E-state index in [0.29, 0.717) is 29.4 Å². The molecule has 9 nitrogen and oxygen atoms in total. The summed E-state index contributed by atoms with van der Waals surface area (Å²) in [4.78, 5) is 31.3. The maximum Gasteiger partial charge on any atom is 0.238 e. The molecule has 0 aliphatic heterocycles. The number of hydrogen-bond acceptors (Lipinski definition) is 9. The van der Waals surface area contributed by atoms with Gasteiger partial charge in [0.15, 0.2) is 6.29 Å². The van der Waals surface area contributed by atoms with Crippen LogP contribution in [0.15, 0.2) is 55.4 Å². The Morgan fingerprint density at radius 1 is 1.03 bits per heavy atom. The molecule has 0 saturated heterocycles. The number of ether oxygens (including phenoxy) is 2. The summed E-state index contributed by atoms with van der Waals surface area (Å²) >= 11 is 6.21. The minimum Gasteiger partial charge on any atom is -0.484 e. The molecule has 0 aliphatic carbocycles. The molecule has 0 unspecified atom stereocenters. The molecule has 144 valence electrons. The van der Waals surface area contributed by atoms with Crippen molar-refractivity contribution in [3.63, 3.8) is 0 Å². The van der Waals surface area contributed by atoms with Crippen LogP contribution in [0.4, 0.5) is 11.6 Å². The summed E-state index contributed by atoms with van der Waals surface area (Å²) in [6.07, 6.45) is 8.28. The van der Waals surface area contributed by atoms with Crippen LogP contribution in [0.3, 0.4) is 0 Å². The van der Waals surface area contributed by atoms with Gasteiger partial charge in [-0.25, -0.2) is 19.9 Å². The third-order valence-corrected chi connectivity index (χ3v) is 4.00. The number of nitrogens with zero attached hydrogens (tertiary/aromatic N) is 5. The largest absolute Gasteiger partial charge is 0.484 e. The van der Waals surface area contributed by atoms with Gasteiger partial charge in [-0.05, 0) is 18.2 Å². The van der Waals surface area contributed by atoms with Crippen LogP contribution in [0.1, 0.15) is 0 Å². The van der Waals surface area contributed by atoms with Crippen LogP contribution < -0.4 is 14.8 Å². The van der Waals surface area contributed by atoms with Gasteiger partial charge in [0.2, 0.25) is 5.88 Å². The van der Waals surface area contributed by atoms with E-state index in [1.165, 1.54) is 18.6 Å². The highest BCUT2D eigenvalue weighted by Crippen LogP contribution is 2.32. The molecule has 0 bridgehead atoms. The van der Waals surface area contributed by atoms with Crippen LogP contribution in [-0.4, -0.2) is 37.8 Å². The zero-order chi connectivity index (χ0) is 20.1. The Morgan fingerprint density at radius 3 is 2.76 bits per heavy atom. The lowest BCUT2D eigenvalue weighted by molar-refractivity contribution is -0.109. The number of rotatable bonds is 7. The van der Waals surface area contributed by atoms with Crippen molar-refractivity contribution in [2.45, 2.75) is 0 Å². The van der Waals surface area contributed by atoms with Crippen molar-refractivity contribution in [3.8, 4) is 17.4 Å². The molecular weight excluding hydrogens is 396 g/mol. The summed E-state index contributed by atoms with van der Waals surface area (Å²) in [6, 6.07) is 6.83. The van der Waals surface area contributed by atoms with E-state index >= 15 is 0 Å². The molecule has 4 aromatic rings. The van der Waals surface area contributed by atoms with Crippen molar-refractivity contribution in [1.29, 1.82) is 0 Å². The molecule has 0 spiro atoms. The Labute approximate surface area is 169 Å². The van der Waals surface area contributed by atoms with E-state index in [1.807, 2.05) is 0 Å². The number of nitrogens with one attached hydrogen (secondary N) is 1. The average Bonchev–Trinajstić information content (AvgIpc) is 2.75. The van der Waals surface area contributed by atoms with Crippen LogP contribution in [0.5, 0.6) is 17.4 Å². The lowest BCUT2D eigenvalue weighted by Crippen LogP contribution is -1.99. The van der Waals surface area contributed by atoms with Crippen LogP contribution in [0.2, 0.25) is 5.02 Å². The maximum atomic E-state index is 10.4. The normalized spacial score (nSPS) is 10.5.